The van der Waals surface area contributed by atoms with Crippen molar-refractivity contribution < 1.29 is 14.3 Å². The van der Waals surface area contributed by atoms with Gasteiger partial charge in [-0.1, -0.05) is 13.3 Å². The van der Waals surface area contributed by atoms with Crippen LogP contribution >= 0.6 is 0 Å². The smallest absolute Gasteiger partial charge is 0.253 e. The topological polar surface area (TPSA) is 79.5 Å². The van der Waals surface area contributed by atoms with Crippen LogP contribution < -0.4 is 0 Å². The maximum atomic E-state index is 12.3. The molecule has 1 aromatic rings. The second-order valence-corrected chi connectivity index (χ2v) is 6.84. The maximum absolute atomic E-state index is 12.3. The van der Waals surface area contributed by atoms with E-state index in [2.05, 4.69) is 10.2 Å². The Labute approximate surface area is 124 Å². The van der Waals surface area contributed by atoms with E-state index in [-0.39, 0.29) is 11.3 Å². The molecule has 3 rings (SSSR count). The minimum Gasteiger partial charge on any atom is -0.425 e. The van der Waals surface area contributed by atoms with Crippen LogP contribution in [0, 0.1) is 5.92 Å². The van der Waals surface area contributed by atoms with E-state index in [0.29, 0.717) is 30.8 Å². The van der Waals surface area contributed by atoms with Gasteiger partial charge in [-0.3, -0.25) is 4.79 Å². The van der Waals surface area contributed by atoms with Gasteiger partial charge >= 0.3 is 0 Å². The van der Waals surface area contributed by atoms with E-state index in [1.54, 1.807) is 4.90 Å². The molecular weight excluding hydrogens is 270 g/mol. The molecule has 0 unspecified atom stereocenters. The Bertz CT molecular complexity index is 549. The Morgan fingerprint density at radius 1 is 1.52 bits per heavy atom. The SMILES string of the molecule is CCc1nnc([C@]23CCC[C@H]2CN(C(=O)C(C)(C)O)C3)o1. The first-order valence-electron chi connectivity index (χ1n) is 7.71. The van der Waals surface area contributed by atoms with Crippen LogP contribution in [0.4, 0.5) is 0 Å². The van der Waals surface area contributed by atoms with Crippen LogP contribution in [-0.4, -0.2) is 44.8 Å². The summed E-state index contributed by atoms with van der Waals surface area (Å²) in [5.41, 5.74) is -1.54. The second-order valence-electron chi connectivity index (χ2n) is 6.84. The summed E-state index contributed by atoms with van der Waals surface area (Å²) in [6.07, 6.45) is 3.89. The summed E-state index contributed by atoms with van der Waals surface area (Å²) in [5.74, 6) is 1.46. The lowest BCUT2D eigenvalue weighted by atomic mass is 9.80. The van der Waals surface area contributed by atoms with Crippen molar-refractivity contribution in [2.75, 3.05) is 13.1 Å². The Balaban J connectivity index is 1.89. The van der Waals surface area contributed by atoms with Crippen molar-refractivity contribution >= 4 is 5.91 Å². The molecule has 116 valence electrons. The number of carbonyl (C=O) groups excluding carboxylic acids is 1. The number of carbonyl (C=O) groups is 1. The number of fused-ring (bicyclic) bond motifs is 1. The molecule has 2 aliphatic rings. The molecule has 0 spiro atoms. The molecule has 2 atom stereocenters. The third-order valence-electron chi connectivity index (χ3n) is 4.88. The molecule has 1 N–H and O–H groups in total. The molecule has 1 aliphatic heterocycles. The van der Waals surface area contributed by atoms with E-state index in [1.807, 2.05) is 6.92 Å². The third kappa shape index (κ3) is 2.25. The Morgan fingerprint density at radius 2 is 2.29 bits per heavy atom. The van der Waals surface area contributed by atoms with Gasteiger partial charge < -0.3 is 14.4 Å². The molecule has 1 aromatic heterocycles. The third-order valence-corrected chi connectivity index (χ3v) is 4.88. The second kappa shape index (κ2) is 4.80. The fourth-order valence-electron chi connectivity index (χ4n) is 3.78. The largest absolute Gasteiger partial charge is 0.425 e. The molecule has 1 aliphatic carbocycles. The van der Waals surface area contributed by atoms with E-state index in [9.17, 15) is 9.90 Å². The van der Waals surface area contributed by atoms with Crippen molar-refractivity contribution in [3.63, 3.8) is 0 Å². The van der Waals surface area contributed by atoms with Crippen molar-refractivity contribution in [1.29, 1.82) is 0 Å². The average molecular weight is 293 g/mol. The predicted molar refractivity (Wildman–Crippen MR) is 75.6 cm³/mol. The van der Waals surface area contributed by atoms with Crippen molar-refractivity contribution in [3.8, 4) is 0 Å². The molecule has 21 heavy (non-hydrogen) atoms. The number of nitrogens with zero attached hydrogens (tertiary/aromatic N) is 3. The van der Waals surface area contributed by atoms with Crippen molar-refractivity contribution in [2.24, 2.45) is 5.92 Å². The van der Waals surface area contributed by atoms with Crippen molar-refractivity contribution in [1.82, 2.24) is 15.1 Å². The normalized spacial score (nSPS) is 29.0. The van der Waals surface area contributed by atoms with Gasteiger partial charge in [0.2, 0.25) is 11.8 Å². The molecule has 6 nitrogen and oxygen atoms in total. The van der Waals surface area contributed by atoms with Crippen LogP contribution in [0.2, 0.25) is 0 Å². The first-order valence-corrected chi connectivity index (χ1v) is 7.71. The quantitative estimate of drug-likeness (QED) is 0.908. The van der Waals surface area contributed by atoms with Gasteiger partial charge in [0.25, 0.3) is 5.91 Å². The van der Waals surface area contributed by atoms with Gasteiger partial charge in [-0.25, -0.2) is 0 Å². The first kappa shape index (κ1) is 14.5. The van der Waals surface area contributed by atoms with Crippen molar-refractivity contribution in [3.05, 3.63) is 11.8 Å². The van der Waals surface area contributed by atoms with E-state index in [1.165, 1.54) is 13.8 Å². The average Bonchev–Trinajstić information content (AvgIpc) is 3.09. The van der Waals surface area contributed by atoms with E-state index in [4.69, 9.17) is 4.42 Å². The number of amides is 1. The number of hydrogen-bond donors (Lipinski definition) is 1. The minimum atomic E-state index is -1.33. The van der Waals surface area contributed by atoms with Gasteiger partial charge in [0, 0.05) is 19.5 Å². The Morgan fingerprint density at radius 3 is 2.90 bits per heavy atom. The van der Waals surface area contributed by atoms with Crippen LogP contribution in [0.3, 0.4) is 0 Å². The summed E-state index contributed by atoms with van der Waals surface area (Å²) in [6.45, 7) is 6.31. The number of rotatable bonds is 3. The summed E-state index contributed by atoms with van der Waals surface area (Å²) in [5, 5.41) is 18.3. The number of likely N-dealkylation sites (tertiary alicyclic amines) is 1. The highest BCUT2D eigenvalue weighted by Gasteiger charge is 2.56. The highest BCUT2D eigenvalue weighted by Crippen LogP contribution is 2.50. The maximum Gasteiger partial charge on any atom is 0.253 e. The molecular formula is C15H23N3O3. The zero-order chi connectivity index (χ0) is 15.3. The molecule has 2 heterocycles. The summed E-state index contributed by atoms with van der Waals surface area (Å²) in [4.78, 5) is 14.1. The number of aliphatic hydroxyl groups is 1. The molecule has 2 fully saturated rings. The van der Waals surface area contributed by atoms with Crippen LogP contribution in [-0.2, 0) is 16.6 Å². The lowest BCUT2D eigenvalue weighted by Gasteiger charge is -2.27. The van der Waals surface area contributed by atoms with Gasteiger partial charge in [-0.05, 0) is 32.6 Å². The zero-order valence-electron chi connectivity index (χ0n) is 12.9. The minimum absolute atomic E-state index is 0.207. The standard InChI is InChI=1S/C15H23N3O3/c1-4-11-16-17-12(21-11)15-7-5-6-10(15)8-18(9-15)13(19)14(2,3)20/h10,20H,4-9H2,1-3H3/t10-,15-/m0/s1. The molecule has 0 aromatic carbocycles. The van der Waals surface area contributed by atoms with E-state index >= 15 is 0 Å². The lowest BCUT2D eigenvalue weighted by Crippen LogP contribution is -2.45. The molecule has 1 saturated heterocycles. The van der Waals surface area contributed by atoms with Gasteiger partial charge in [-0.15, -0.1) is 10.2 Å². The lowest BCUT2D eigenvalue weighted by molar-refractivity contribution is -0.147. The fourth-order valence-corrected chi connectivity index (χ4v) is 3.78. The zero-order valence-corrected chi connectivity index (χ0v) is 12.9. The molecule has 1 amide bonds. The highest BCUT2D eigenvalue weighted by atomic mass is 16.4. The van der Waals surface area contributed by atoms with Gasteiger partial charge in [-0.2, -0.15) is 0 Å². The predicted octanol–water partition coefficient (Wildman–Crippen LogP) is 1.28. The molecule has 1 saturated carbocycles. The van der Waals surface area contributed by atoms with Crippen LogP contribution in [0.25, 0.3) is 0 Å². The molecule has 6 heteroatoms. The number of aromatic nitrogens is 2. The highest BCUT2D eigenvalue weighted by molar-refractivity contribution is 5.84. The first-order chi connectivity index (χ1) is 9.87. The van der Waals surface area contributed by atoms with Crippen LogP contribution in [0.5, 0.6) is 0 Å². The summed E-state index contributed by atoms with van der Waals surface area (Å²) < 4.78 is 5.81. The summed E-state index contributed by atoms with van der Waals surface area (Å²) >= 11 is 0. The van der Waals surface area contributed by atoms with Gasteiger partial charge in [0.1, 0.15) is 5.60 Å². The Kier molecular flexibility index (Phi) is 3.31. The fraction of sp³-hybridized carbons (Fsp3) is 0.800. The van der Waals surface area contributed by atoms with Crippen LogP contribution in [0.1, 0.15) is 51.8 Å². The summed E-state index contributed by atoms with van der Waals surface area (Å²) in [6, 6.07) is 0. The monoisotopic (exact) mass is 293 g/mol. The van der Waals surface area contributed by atoms with E-state index in [0.717, 1.165) is 25.7 Å². The van der Waals surface area contributed by atoms with Crippen LogP contribution in [0.15, 0.2) is 4.42 Å². The number of aryl methyl sites for hydroxylation is 1. The Hall–Kier alpha value is -1.43. The van der Waals surface area contributed by atoms with Gasteiger partial charge in [0.05, 0.1) is 5.41 Å². The molecule has 0 radical (unpaired) electrons. The molecule has 0 bridgehead atoms. The number of hydrogen-bond acceptors (Lipinski definition) is 5. The van der Waals surface area contributed by atoms with E-state index < -0.39 is 5.60 Å². The van der Waals surface area contributed by atoms with Crippen molar-refractivity contribution in [2.45, 2.75) is 57.5 Å². The summed E-state index contributed by atoms with van der Waals surface area (Å²) in [7, 11) is 0. The van der Waals surface area contributed by atoms with Gasteiger partial charge in [0.15, 0.2) is 0 Å².